The number of nitrogens with one attached hydrogen (secondary N) is 1. The fourth-order valence-electron chi connectivity index (χ4n) is 1.83. The zero-order chi connectivity index (χ0) is 13.2. The van der Waals surface area contributed by atoms with Crippen LogP contribution in [-0.4, -0.2) is 24.9 Å². The Morgan fingerprint density at radius 3 is 3.05 bits per heavy atom. The average molecular weight is 273 g/mol. The number of nitrogens with zero attached hydrogens (tertiary/aromatic N) is 4. The van der Waals surface area contributed by atoms with Crippen molar-refractivity contribution in [3.63, 3.8) is 0 Å². The van der Waals surface area contributed by atoms with E-state index in [1.54, 1.807) is 12.4 Å². The van der Waals surface area contributed by atoms with E-state index in [1.807, 2.05) is 29.7 Å². The number of rotatable bonds is 3. The van der Waals surface area contributed by atoms with Gasteiger partial charge in [-0.2, -0.15) is 5.10 Å². The van der Waals surface area contributed by atoms with Gasteiger partial charge >= 0.3 is 0 Å². The molecule has 0 aliphatic heterocycles. The van der Waals surface area contributed by atoms with Gasteiger partial charge in [0, 0.05) is 24.0 Å². The molecule has 0 spiro atoms. The van der Waals surface area contributed by atoms with E-state index in [9.17, 15) is 0 Å². The highest BCUT2D eigenvalue weighted by atomic mass is 32.1. The Balaban J connectivity index is 2.02. The molecule has 0 fully saturated rings. The standard InChI is InChI=1S/C12H11N5OS/c1-8-5-10(16-18-8)7-17-11(14-15-12(17)19)9-3-2-4-13-6-9/h2-6H,7H2,1H3,(H,15,19). The molecule has 0 aromatic carbocycles. The number of hydrogen-bond donors (Lipinski definition) is 1. The number of hydrogen-bond acceptors (Lipinski definition) is 5. The first kappa shape index (κ1) is 11.8. The highest BCUT2D eigenvalue weighted by Crippen LogP contribution is 2.17. The van der Waals surface area contributed by atoms with Gasteiger partial charge in [0.15, 0.2) is 10.6 Å². The van der Waals surface area contributed by atoms with E-state index >= 15 is 0 Å². The molecule has 0 atom stereocenters. The molecule has 3 aromatic rings. The first-order chi connectivity index (χ1) is 9.24. The molecule has 0 bridgehead atoms. The van der Waals surface area contributed by atoms with Gasteiger partial charge in [-0.25, -0.2) is 0 Å². The van der Waals surface area contributed by atoms with E-state index in [2.05, 4.69) is 20.3 Å². The third kappa shape index (κ3) is 2.32. The summed E-state index contributed by atoms with van der Waals surface area (Å²) >= 11 is 5.24. The summed E-state index contributed by atoms with van der Waals surface area (Å²) in [5.74, 6) is 1.51. The number of H-pyrrole nitrogens is 1. The van der Waals surface area contributed by atoms with Crippen molar-refractivity contribution in [1.82, 2.24) is 24.9 Å². The molecule has 7 heteroatoms. The number of aromatic nitrogens is 5. The molecule has 96 valence electrons. The van der Waals surface area contributed by atoms with Crippen LogP contribution in [0, 0.1) is 11.7 Å². The van der Waals surface area contributed by atoms with Gasteiger partial charge in [0.2, 0.25) is 0 Å². The molecule has 3 rings (SSSR count). The molecule has 3 heterocycles. The Kier molecular flexibility index (Phi) is 2.96. The summed E-state index contributed by atoms with van der Waals surface area (Å²) in [7, 11) is 0. The first-order valence-electron chi connectivity index (χ1n) is 5.72. The van der Waals surface area contributed by atoms with Crippen LogP contribution in [0.5, 0.6) is 0 Å². The monoisotopic (exact) mass is 273 g/mol. The number of aromatic amines is 1. The van der Waals surface area contributed by atoms with E-state index in [4.69, 9.17) is 16.7 Å². The molecule has 0 aliphatic rings. The maximum atomic E-state index is 5.24. The third-order valence-corrected chi connectivity index (χ3v) is 2.99. The Morgan fingerprint density at radius 2 is 2.37 bits per heavy atom. The summed E-state index contributed by atoms with van der Waals surface area (Å²) in [6.07, 6.45) is 3.46. The second-order valence-electron chi connectivity index (χ2n) is 4.11. The molecule has 3 aromatic heterocycles. The average Bonchev–Trinajstić information content (AvgIpc) is 2.99. The van der Waals surface area contributed by atoms with Crippen molar-refractivity contribution in [2.75, 3.05) is 0 Å². The van der Waals surface area contributed by atoms with Crippen molar-refractivity contribution >= 4 is 12.2 Å². The van der Waals surface area contributed by atoms with E-state index in [1.165, 1.54) is 0 Å². The predicted molar refractivity (Wildman–Crippen MR) is 71.0 cm³/mol. The Hall–Kier alpha value is -2.28. The third-order valence-electron chi connectivity index (χ3n) is 2.67. The summed E-state index contributed by atoms with van der Waals surface area (Å²) < 4.78 is 7.46. The Labute approximate surface area is 114 Å². The summed E-state index contributed by atoms with van der Waals surface area (Å²) in [5.41, 5.74) is 1.70. The van der Waals surface area contributed by atoms with Gasteiger partial charge in [-0.05, 0) is 31.3 Å². The van der Waals surface area contributed by atoms with Crippen LogP contribution in [0.2, 0.25) is 0 Å². The van der Waals surface area contributed by atoms with Crippen LogP contribution in [0.4, 0.5) is 0 Å². The van der Waals surface area contributed by atoms with Gasteiger partial charge in [0.25, 0.3) is 0 Å². The van der Waals surface area contributed by atoms with Gasteiger partial charge in [-0.3, -0.25) is 14.6 Å². The van der Waals surface area contributed by atoms with E-state index < -0.39 is 0 Å². The molecule has 0 radical (unpaired) electrons. The van der Waals surface area contributed by atoms with Crippen LogP contribution < -0.4 is 0 Å². The van der Waals surface area contributed by atoms with Crippen molar-refractivity contribution in [3.8, 4) is 11.4 Å². The second-order valence-corrected chi connectivity index (χ2v) is 4.50. The minimum Gasteiger partial charge on any atom is -0.361 e. The molecule has 0 unspecified atom stereocenters. The fourth-order valence-corrected chi connectivity index (χ4v) is 2.03. The zero-order valence-electron chi connectivity index (χ0n) is 10.2. The van der Waals surface area contributed by atoms with Gasteiger partial charge < -0.3 is 4.52 Å². The highest BCUT2D eigenvalue weighted by Gasteiger charge is 2.11. The zero-order valence-corrected chi connectivity index (χ0v) is 11.0. The molecule has 0 saturated carbocycles. The van der Waals surface area contributed by atoms with Crippen molar-refractivity contribution < 1.29 is 4.52 Å². The molecule has 6 nitrogen and oxygen atoms in total. The molecule has 0 aliphatic carbocycles. The molecule has 19 heavy (non-hydrogen) atoms. The SMILES string of the molecule is Cc1cc(Cn2c(-c3cccnc3)n[nH]c2=S)no1. The number of aryl methyl sites for hydroxylation is 1. The lowest BCUT2D eigenvalue weighted by molar-refractivity contribution is 0.389. The molecule has 1 N–H and O–H groups in total. The molecular weight excluding hydrogens is 262 g/mol. The molecule has 0 saturated heterocycles. The van der Waals surface area contributed by atoms with Crippen LogP contribution in [0.15, 0.2) is 35.1 Å². The molecular formula is C12H11N5OS. The lowest BCUT2D eigenvalue weighted by atomic mass is 10.2. The van der Waals surface area contributed by atoms with Crippen molar-refractivity contribution in [2.45, 2.75) is 13.5 Å². The summed E-state index contributed by atoms with van der Waals surface area (Å²) in [4.78, 5) is 4.09. The Bertz CT molecular complexity index is 743. The lowest BCUT2D eigenvalue weighted by Gasteiger charge is -2.03. The largest absolute Gasteiger partial charge is 0.361 e. The van der Waals surface area contributed by atoms with Gasteiger partial charge in [0.1, 0.15) is 11.5 Å². The van der Waals surface area contributed by atoms with Crippen LogP contribution in [0.25, 0.3) is 11.4 Å². The predicted octanol–water partition coefficient (Wildman–Crippen LogP) is 2.35. The topological polar surface area (TPSA) is 72.5 Å². The quantitative estimate of drug-likeness (QED) is 0.741. The van der Waals surface area contributed by atoms with Gasteiger partial charge in [-0.1, -0.05) is 5.16 Å². The van der Waals surface area contributed by atoms with Crippen molar-refractivity contribution in [2.24, 2.45) is 0 Å². The van der Waals surface area contributed by atoms with Gasteiger partial charge in [0.05, 0.1) is 6.54 Å². The van der Waals surface area contributed by atoms with Gasteiger partial charge in [-0.15, -0.1) is 0 Å². The van der Waals surface area contributed by atoms with Crippen LogP contribution in [0.3, 0.4) is 0 Å². The van der Waals surface area contributed by atoms with E-state index in [0.29, 0.717) is 11.3 Å². The highest BCUT2D eigenvalue weighted by molar-refractivity contribution is 7.71. The fraction of sp³-hybridized carbons (Fsp3) is 0.167. The maximum Gasteiger partial charge on any atom is 0.195 e. The maximum absolute atomic E-state index is 5.24. The minimum absolute atomic E-state index is 0.511. The van der Waals surface area contributed by atoms with E-state index in [-0.39, 0.29) is 0 Å². The summed E-state index contributed by atoms with van der Waals surface area (Å²) in [6, 6.07) is 5.67. The summed E-state index contributed by atoms with van der Waals surface area (Å²) in [6.45, 7) is 2.37. The summed E-state index contributed by atoms with van der Waals surface area (Å²) in [5, 5.41) is 11.0. The van der Waals surface area contributed by atoms with Crippen molar-refractivity contribution in [3.05, 3.63) is 46.8 Å². The van der Waals surface area contributed by atoms with Crippen LogP contribution >= 0.6 is 12.2 Å². The smallest absolute Gasteiger partial charge is 0.195 e. The molecule has 0 amide bonds. The van der Waals surface area contributed by atoms with E-state index in [0.717, 1.165) is 22.8 Å². The van der Waals surface area contributed by atoms with Crippen LogP contribution in [-0.2, 0) is 6.54 Å². The van der Waals surface area contributed by atoms with Crippen molar-refractivity contribution in [1.29, 1.82) is 0 Å². The van der Waals surface area contributed by atoms with Crippen LogP contribution in [0.1, 0.15) is 11.5 Å². The minimum atomic E-state index is 0.511. The second kappa shape index (κ2) is 4.77. The lowest BCUT2D eigenvalue weighted by Crippen LogP contribution is -2.02. The normalized spacial score (nSPS) is 10.8. The first-order valence-corrected chi connectivity index (χ1v) is 6.12. The Morgan fingerprint density at radius 1 is 1.47 bits per heavy atom. The number of pyridine rings is 1.